The minimum atomic E-state index is -3.37. The third kappa shape index (κ3) is 6.63. The highest BCUT2D eigenvalue weighted by atomic mass is 32.2. The SMILES string of the molecule is CN[C@H](Cc1ccc2ccccc2c1)C(=O)N(C)[C@H](CNS(C)(=O)=O)Cc1ccccc1. The van der Waals surface area contributed by atoms with Crippen LogP contribution in [0.3, 0.4) is 0 Å². The van der Waals surface area contributed by atoms with Crippen LogP contribution in [0.25, 0.3) is 10.8 Å². The van der Waals surface area contributed by atoms with Crippen molar-refractivity contribution in [2.45, 2.75) is 24.9 Å². The topological polar surface area (TPSA) is 78.5 Å². The first-order chi connectivity index (χ1) is 15.3. The van der Waals surface area contributed by atoms with Crippen molar-refractivity contribution in [1.82, 2.24) is 14.9 Å². The van der Waals surface area contributed by atoms with Gasteiger partial charge >= 0.3 is 0 Å². The number of hydrogen-bond donors (Lipinski definition) is 2. The second kappa shape index (κ2) is 10.7. The summed E-state index contributed by atoms with van der Waals surface area (Å²) in [5, 5.41) is 5.44. The van der Waals surface area contributed by atoms with E-state index in [9.17, 15) is 13.2 Å². The van der Waals surface area contributed by atoms with Gasteiger partial charge in [0, 0.05) is 19.6 Å². The molecule has 0 saturated carbocycles. The van der Waals surface area contributed by atoms with Crippen molar-refractivity contribution in [3.05, 3.63) is 83.9 Å². The predicted molar refractivity (Wildman–Crippen MR) is 130 cm³/mol. The van der Waals surface area contributed by atoms with Gasteiger partial charge in [-0.25, -0.2) is 13.1 Å². The van der Waals surface area contributed by atoms with Crippen LogP contribution >= 0.6 is 0 Å². The molecule has 2 atom stereocenters. The summed E-state index contributed by atoms with van der Waals surface area (Å²) >= 11 is 0. The molecular weight excluding hydrogens is 422 g/mol. The van der Waals surface area contributed by atoms with Crippen molar-refractivity contribution in [3.8, 4) is 0 Å². The number of nitrogens with zero attached hydrogens (tertiary/aromatic N) is 1. The van der Waals surface area contributed by atoms with E-state index in [-0.39, 0.29) is 18.5 Å². The van der Waals surface area contributed by atoms with E-state index in [1.165, 1.54) is 0 Å². The summed E-state index contributed by atoms with van der Waals surface area (Å²) in [5.41, 5.74) is 2.11. The fourth-order valence-electron chi connectivity index (χ4n) is 3.82. The summed E-state index contributed by atoms with van der Waals surface area (Å²) in [7, 11) is 0.147. The third-order valence-electron chi connectivity index (χ3n) is 5.69. The van der Waals surface area contributed by atoms with Gasteiger partial charge in [0.1, 0.15) is 0 Å². The van der Waals surface area contributed by atoms with Crippen LogP contribution in [0, 0.1) is 0 Å². The summed E-state index contributed by atoms with van der Waals surface area (Å²) in [6.45, 7) is 0.155. The van der Waals surface area contributed by atoms with Gasteiger partial charge in [-0.1, -0.05) is 72.8 Å². The van der Waals surface area contributed by atoms with Gasteiger partial charge in [-0.05, 0) is 41.8 Å². The van der Waals surface area contributed by atoms with E-state index in [2.05, 4.69) is 34.3 Å². The summed E-state index contributed by atoms with van der Waals surface area (Å²) in [6.07, 6.45) is 2.23. The van der Waals surface area contributed by atoms with E-state index in [0.29, 0.717) is 12.8 Å². The lowest BCUT2D eigenvalue weighted by Crippen LogP contribution is -2.52. The van der Waals surface area contributed by atoms with Gasteiger partial charge < -0.3 is 10.2 Å². The zero-order valence-electron chi connectivity index (χ0n) is 18.8. The summed E-state index contributed by atoms with van der Waals surface area (Å²) in [4.78, 5) is 15.0. The van der Waals surface area contributed by atoms with Gasteiger partial charge in [-0.2, -0.15) is 0 Å². The van der Waals surface area contributed by atoms with Crippen molar-refractivity contribution in [1.29, 1.82) is 0 Å². The zero-order valence-corrected chi connectivity index (χ0v) is 19.6. The van der Waals surface area contributed by atoms with Gasteiger partial charge in [0.2, 0.25) is 15.9 Å². The Morgan fingerprint density at radius 1 is 0.906 bits per heavy atom. The van der Waals surface area contributed by atoms with Crippen molar-refractivity contribution < 1.29 is 13.2 Å². The fraction of sp³-hybridized carbons (Fsp3) is 0.320. The van der Waals surface area contributed by atoms with Crippen molar-refractivity contribution in [2.75, 3.05) is 26.9 Å². The third-order valence-corrected chi connectivity index (χ3v) is 6.38. The maximum atomic E-state index is 13.4. The minimum Gasteiger partial charge on any atom is -0.340 e. The molecule has 3 aromatic rings. The molecule has 170 valence electrons. The van der Waals surface area contributed by atoms with Crippen molar-refractivity contribution in [3.63, 3.8) is 0 Å². The second-order valence-electron chi connectivity index (χ2n) is 8.14. The molecule has 3 rings (SSSR count). The first-order valence-corrected chi connectivity index (χ1v) is 12.6. The Bertz CT molecular complexity index is 1150. The molecule has 0 aromatic heterocycles. The molecule has 0 bridgehead atoms. The largest absolute Gasteiger partial charge is 0.340 e. The Morgan fingerprint density at radius 2 is 1.56 bits per heavy atom. The van der Waals surface area contributed by atoms with E-state index in [1.807, 2.05) is 48.5 Å². The van der Waals surface area contributed by atoms with Crippen LogP contribution in [0.2, 0.25) is 0 Å². The Kier molecular flexibility index (Phi) is 8.01. The average molecular weight is 454 g/mol. The molecule has 0 saturated heterocycles. The molecule has 2 N–H and O–H groups in total. The Hall–Kier alpha value is -2.74. The van der Waals surface area contributed by atoms with Crippen LogP contribution in [-0.4, -0.2) is 58.2 Å². The number of hydrogen-bond acceptors (Lipinski definition) is 4. The first kappa shape index (κ1) is 23.9. The number of carbonyl (C=O) groups is 1. The van der Waals surface area contributed by atoms with Gasteiger partial charge in [-0.15, -0.1) is 0 Å². The van der Waals surface area contributed by atoms with Gasteiger partial charge in [0.15, 0.2) is 0 Å². The molecule has 7 heteroatoms. The normalized spacial score (nSPS) is 13.6. The highest BCUT2D eigenvalue weighted by molar-refractivity contribution is 7.88. The quantitative estimate of drug-likeness (QED) is 0.495. The molecule has 3 aromatic carbocycles. The predicted octanol–water partition coefficient (Wildman–Crippen LogP) is 2.59. The van der Waals surface area contributed by atoms with Gasteiger partial charge in [-0.3, -0.25) is 4.79 Å². The molecule has 0 heterocycles. The van der Waals surface area contributed by atoms with Crippen LogP contribution in [0.4, 0.5) is 0 Å². The Balaban J connectivity index is 1.77. The maximum absolute atomic E-state index is 13.4. The number of nitrogens with one attached hydrogen (secondary N) is 2. The number of fused-ring (bicyclic) bond motifs is 1. The molecule has 0 aliphatic heterocycles. The lowest BCUT2D eigenvalue weighted by molar-refractivity contribution is -0.134. The van der Waals surface area contributed by atoms with Crippen molar-refractivity contribution in [2.24, 2.45) is 0 Å². The molecule has 0 spiro atoms. The molecular formula is C25H31N3O3S. The number of sulfonamides is 1. The highest BCUT2D eigenvalue weighted by Crippen LogP contribution is 2.18. The zero-order chi connectivity index (χ0) is 23.1. The van der Waals surface area contributed by atoms with Crippen LogP contribution in [0.15, 0.2) is 72.8 Å². The first-order valence-electron chi connectivity index (χ1n) is 10.7. The molecule has 32 heavy (non-hydrogen) atoms. The molecule has 0 unspecified atom stereocenters. The van der Waals surface area contributed by atoms with Crippen LogP contribution in [0.5, 0.6) is 0 Å². The molecule has 6 nitrogen and oxygen atoms in total. The lowest BCUT2D eigenvalue weighted by atomic mass is 9.99. The summed E-state index contributed by atoms with van der Waals surface area (Å²) < 4.78 is 25.9. The number of rotatable bonds is 10. The number of amides is 1. The average Bonchev–Trinajstić information content (AvgIpc) is 2.79. The van der Waals surface area contributed by atoms with Gasteiger partial charge in [0.05, 0.1) is 12.3 Å². The number of likely N-dealkylation sites (N-methyl/N-ethyl adjacent to an activating group) is 2. The second-order valence-corrected chi connectivity index (χ2v) is 9.97. The van der Waals surface area contributed by atoms with E-state index in [1.54, 1.807) is 19.0 Å². The minimum absolute atomic E-state index is 0.0723. The Labute approximate surface area is 190 Å². The van der Waals surface area contributed by atoms with E-state index < -0.39 is 16.1 Å². The lowest BCUT2D eigenvalue weighted by Gasteiger charge is -2.31. The van der Waals surface area contributed by atoms with Crippen LogP contribution < -0.4 is 10.0 Å². The van der Waals surface area contributed by atoms with Crippen LogP contribution in [0.1, 0.15) is 11.1 Å². The summed E-state index contributed by atoms with van der Waals surface area (Å²) in [5.74, 6) is -0.0723. The van der Waals surface area contributed by atoms with E-state index in [0.717, 1.165) is 28.2 Å². The van der Waals surface area contributed by atoms with E-state index in [4.69, 9.17) is 0 Å². The number of benzene rings is 3. The fourth-order valence-corrected chi connectivity index (χ4v) is 4.31. The molecule has 0 aliphatic carbocycles. The highest BCUT2D eigenvalue weighted by Gasteiger charge is 2.27. The molecule has 0 radical (unpaired) electrons. The van der Waals surface area contributed by atoms with Crippen molar-refractivity contribution >= 4 is 26.7 Å². The molecule has 0 fully saturated rings. The monoisotopic (exact) mass is 453 g/mol. The number of carbonyl (C=O) groups excluding carboxylic acids is 1. The maximum Gasteiger partial charge on any atom is 0.240 e. The standard InChI is InChI=1S/C25H31N3O3S/c1-26-24(17-20-13-14-21-11-7-8-12-22(21)15-20)25(29)28(2)23(18-27-32(3,30)31)16-19-9-5-4-6-10-19/h4-15,23-24,26-27H,16-18H2,1-3H3/t23-,24+/m0/s1. The van der Waals surface area contributed by atoms with Gasteiger partial charge in [0.25, 0.3) is 0 Å². The van der Waals surface area contributed by atoms with E-state index >= 15 is 0 Å². The molecule has 0 aliphatic rings. The summed E-state index contributed by atoms with van der Waals surface area (Å²) in [6, 6.07) is 23.4. The Morgan fingerprint density at radius 3 is 2.22 bits per heavy atom. The van der Waals surface area contributed by atoms with Crippen LogP contribution in [-0.2, 0) is 27.7 Å². The molecule has 1 amide bonds. The smallest absolute Gasteiger partial charge is 0.240 e.